The van der Waals surface area contributed by atoms with E-state index in [1.807, 2.05) is 36.4 Å². The topological polar surface area (TPSA) is 62.3 Å². The van der Waals surface area contributed by atoms with Crippen molar-refractivity contribution in [2.24, 2.45) is 0 Å². The van der Waals surface area contributed by atoms with E-state index in [1.54, 1.807) is 29.3 Å². The Labute approximate surface area is 165 Å². The molecule has 1 aromatic heterocycles. The van der Waals surface area contributed by atoms with Gasteiger partial charge in [0.05, 0.1) is 6.20 Å². The van der Waals surface area contributed by atoms with Gasteiger partial charge in [0.1, 0.15) is 15.9 Å². The Morgan fingerprint density at radius 3 is 2.67 bits per heavy atom. The van der Waals surface area contributed by atoms with Crippen molar-refractivity contribution in [2.75, 3.05) is 13.1 Å². The molecule has 0 radical (unpaired) electrons. The maximum atomic E-state index is 13.2. The molecule has 3 aromatic rings. The first kappa shape index (κ1) is 17.7. The predicted octanol–water partition coefficient (Wildman–Crippen LogP) is 3.78. The van der Waals surface area contributed by atoms with Crippen LogP contribution in [0.1, 0.15) is 21.3 Å². The molecule has 5 nitrogen and oxygen atoms in total. The zero-order chi connectivity index (χ0) is 18.8. The van der Waals surface area contributed by atoms with Crippen LogP contribution in [0.4, 0.5) is 0 Å². The maximum absolute atomic E-state index is 13.2. The lowest BCUT2D eigenvalue weighted by Crippen LogP contribution is -2.52. The van der Waals surface area contributed by atoms with Crippen molar-refractivity contribution in [3.8, 4) is 10.6 Å². The average molecular weight is 398 g/mol. The molecule has 1 aliphatic heterocycles. The van der Waals surface area contributed by atoms with Gasteiger partial charge in [-0.1, -0.05) is 60.1 Å². The molecule has 1 N–H and O–H groups in total. The highest BCUT2D eigenvalue weighted by Gasteiger charge is 2.36. The SMILES string of the molecule is O=C1NCCN(C(=O)c2cnc(-c3ccccc3)s2)C1c1ccccc1Cl. The van der Waals surface area contributed by atoms with Gasteiger partial charge in [-0.05, 0) is 6.07 Å². The van der Waals surface area contributed by atoms with Gasteiger partial charge in [-0.25, -0.2) is 4.98 Å². The second kappa shape index (κ2) is 7.50. The zero-order valence-corrected chi connectivity index (χ0v) is 15.8. The summed E-state index contributed by atoms with van der Waals surface area (Å²) in [5, 5.41) is 4.06. The van der Waals surface area contributed by atoms with Crippen molar-refractivity contribution >= 4 is 34.8 Å². The number of aromatic nitrogens is 1. The first-order valence-corrected chi connectivity index (χ1v) is 9.69. The Hall–Kier alpha value is -2.70. The van der Waals surface area contributed by atoms with Gasteiger partial charge in [-0.3, -0.25) is 9.59 Å². The van der Waals surface area contributed by atoms with Crippen LogP contribution in [0, 0.1) is 0 Å². The van der Waals surface area contributed by atoms with Gasteiger partial charge >= 0.3 is 0 Å². The third-order valence-electron chi connectivity index (χ3n) is 4.41. The fourth-order valence-electron chi connectivity index (χ4n) is 3.12. The molecule has 1 atom stereocenters. The first-order valence-electron chi connectivity index (χ1n) is 8.49. The summed E-state index contributed by atoms with van der Waals surface area (Å²) in [5.41, 5.74) is 1.58. The minimum atomic E-state index is -0.748. The number of piperazine rings is 1. The minimum Gasteiger partial charge on any atom is -0.352 e. The lowest BCUT2D eigenvalue weighted by atomic mass is 10.0. The molecule has 0 bridgehead atoms. The van der Waals surface area contributed by atoms with E-state index in [9.17, 15) is 9.59 Å². The van der Waals surface area contributed by atoms with Crippen LogP contribution < -0.4 is 5.32 Å². The van der Waals surface area contributed by atoms with Crippen molar-refractivity contribution < 1.29 is 9.59 Å². The molecule has 0 aliphatic carbocycles. The fraction of sp³-hybridized carbons (Fsp3) is 0.150. The zero-order valence-electron chi connectivity index (χ0n) is 14.3. The highest BCUT2D eigenvalue weighted by atomic mass is 35.5. The van der Waals surface area contributed by atoms with E-state index in [-0.39, 0.29) is 11.8 Å². The Morgan fingerprint density at radius 2 is 1.89 bits per heavy atom. The third kappa shape index (κ3) is 3.46. The van der Waals surface area contributed by atoms with Crippen molar-refractivity contribution in [2.45, 2.75) is 6.04 Å². The van der Waals surface area contributed by atoms with Crippen LogP contribution in [0.15, 0.2) is 60.8 Å². The molecular formula is C20H16ClN3O2S. The van der Waals surface area contributed by atoms with E-state index in [0.29, 0.717) is 28.6 Å². The minimum absolute atomic E-state index is 0.213. The van der Waals surface area contributed by atoms with Crippen molar-refractivity contribution in [3.63, 3.8) is 0 Å². The number of amides is 2. The Bertz CT molecular complexity index is 990. The van der Waals surface area contributed by atoms with E-state index >= 15 is 0 Å². The van der Waals surface area contributed by atoms with Crippen LogP contribution in [-0.4, -0.2) is 34.8 Å². The maximum Gasteiger partial charge on any atom is 0.266 e. The van der Waals surface area contributed by atoms with E-state index < -0.39 is 6.04 Å². The lowest BCUT2D eigenvalue weighted by Gasteiger charge is -2.35. The normalized spacial score (nSPS) is 16.9. The molecule has 2 amide bonds. The molecule has 27 heavy (non-hydrogen) atoms. The van der Waals surface area contributed by atoms with Crippen LogP contribution in [0.25, 0.3) is 10.6 Å². The first-order chi connectivity index (χ1) is 13.1. The number of hydrogen-bond donors (Lipinski definition) is 1. The summed E-state index contributed by atoms with van der Waals surface area (Å²) in [7, 11) is 0. The van der Waals surface area contributed by atoms with E-state index in [0.717, 1.165) is 10.6 Å². The molecular weight excluding hydrogens is 382 g/mol. The summed E-state index contributed by atoms with van der Waals surface area (Å²) in [6, 6.07) is 16.1. The number of benzene rings is 2. The van der Waals surface area contributed by atoms with Crippen LogP contribution in [0.2, 0.25) is 5.02 Å². The molecule has 1 unspecified atom stereocenters. The third-order valence-corrected chi connectivity index (χ3v) is 5.79. The Kier molecular flexibility index (Phi) is 4.92. The number of carbonyl (C=O) groups is 2. The number of nitrogens with zero attached hydrogens (tertiary/aromatic N) is 2. The summed E-state index contributed by atoms with van der Waals surface area (Å²) in [6.07, 6.45) is 1.57. The second-order valence-corrected chi connectivity index (χ2v) is 7.55. The van der Waals surface area contributed by atoms with Gasteiger partial charge < -0.3 is 10.2 Å². The molecule has 136 valence electrons. The molecule has 4 rings (SSSR count). The Morgan fingerprint density at radius 1 is 1.15 bits per heavy atom. The molecule has 2 aromatic carbocycles. The number of hydrogen-bond acceptors (Lipinski definition) is 4. The van der Waals surface area contributed by atoms with Crippen molar-refractivity contribution in [3.05, 3.63) is 76.3 Å². The lowest BCUT2D eigenvalue weighted by molar-refractivity contribution is -0.128. The van der Waals surface area contributed by atoms with E-state index in [2.05, 4.69) is 10.3 Å². The quantitative estimate of drug-likeness (QED) is 0.731. The van der Waals surface area contributed by atoms with Crippen molar-refractivity contribution in [1.82, 2.24) is 15.2 Å². The number of halogens is 1. The summed E-state index contributed by atoms with van der Waals surface area (Å²) in [5.74, 6) is -0.440. The fourth-order valence-corrected chi connectivity index (χ4v) is 4.24. The Balaban J connectivity index is 1.66. The van der Waals surface area contributed by atoms with Crippen molar-refractivity contribution in [1.29, 1.82) is 0 Å². The van der Waals surface area contributed by atoms with Gasteiger partial charge in [0.25, 0.3) is 5.91 Å². The summed E-state index contributed by atoms with van der Waals surface area (Å²) in [4.78, 5) is 32.2. The van der Waals surface area contributed by atoms with Gasteiger partial charge in [0, 0.05) is 29.2 Å². The van der Waals surface area contributed by atoms with E-state index in [1.165, 1.54) is 11.3 Å². The highest BCUT2D eigenvalue weighted by Crippen LogP contribution is 2.32. The molecule has 1 aliphatic rings. The van der Waals surface area contributed by atoms with Crippen LogP contribution in [0.5, 0.6) is 0 Å². The molecule has 1 saturated heterocycles. The highest BCUT2D eigenvalue weighted by molar-refractivity contribution is 7.16. The number of nitrogens with one attached hydrogen (secondary N) is 1. The van der Waals surface area contributed by atoms with Gasteiger partial charge in [-0.15, -0.1) is 11.3 Å². The smallest absolute Gasteiger partial charge is 0.266 e. The van der Waals surface area contributed by atoms with E-state index in [4.69, 9.17) is 11.6 Å². The second-order valence-electron chi connectivity index (χ2n) is 6.11. The summed E-state index contributed by atoms with van der Waals surface area (Å²) < 4.78 is 0. The predicted molar refractivity (Wildman–Crippen MR) is 106 cm³/mol. The van der Waals surface area contributed by atoms with Gasteiger partial charge in [-0.2, -0.15) is 0 Å². The van der Waals surface area contributed by atoms with Crippen LogP contribution in [-0.2, 0) is 4.79 Å². The number of carbonyl (C=O) groups excluding carboxylic acids is 2. The standard InChI is InChI=1S/C20H16ClN3O2S/c21-15-9-5-4-8-14(15)17-18(25)22-10-11-24(17)20(26)16-12-23-19(27-16)13-6-2-1-3-7-13/h1-9,12,17H,10-11H2,(H,22,25). The summed E-state index contributed by atoms with van der Waals surface area (Å²) in [6.45, 7) is 0.828. The van der Waals surface area contributed by atoms with Crippen LogP contribution in [0.3, 0.4) is 0 Å². The van der Waals surface area contributed by atoms with Gasteiger partial charge in [0.2, 0.25) is 5.91 Å². The molecule has 1 fully saturated rings. The molecule has 0 saturated carbocycles. The number of thiazole rings is 1. The largest absolute Gasteiger partial charge is 0.352 e. The average Bonchev–Trinajstić information content (AvgIpc) is 3.19. The van der Waals surface area contributed by atoms with Crippen LogP contribution >= 0.6 is 22.9 Å². The number of rotatable bonds is 3. The summed E-state index contributed by atoms with van der Waals surface area (Å²) >= 11 is 7.62. The molecule has 0 spiro atoms. The molecule has 7 heteroatoms. The monoisotopic (exact) mass is 397 g/mol. The van der Waals surface area contributed by atoms with Gasteiger partial charge in [0.15, 0.2) is 0 Å². The molecule has 2 heterocycles.